The first-order valence-corrected chi connectivity index (χ1v) is 8.13. The van der Waals surface area contributed by atoms with Crippen LogP contribution in [0.5, 0.6) is 5.75 Å². The van der Waals surface area contributed by atoms with Gasteiger partial charge in [0.05, 0.1) is 23.4 Å². The molecule has 1 N–H and O–H groups in total. The van der Waals surface area contributed by atoms with E-state index in [1.807, 2.05) is 24.3 Å². The van der Waals surface area contributed by atoms with Crippen LogP contribution in [-0.2, 0) is 6.18 Å². The van der Waals surface area contributed by atoms with Gasteiger partial charge in [0.15, 0.2) is 0 Å². The van der Waals surface area contributed by atoms with Gasteiger partial charge in [0, 0.05) is 25.3 Å². The van der Waals surface area contributed by atoms with Gasteiger partial charge in [-0.05, 0) is 24.6 Å². The van der Waals surface area contributed by atoms with Gasteiger partial charge in [-0.2, -0.15) is 13.2 Å². The number of hydrogen-bond acceptors (Lipinski definition) is 4. The van der Waals surface area contributed by atoms with E-state index in [1.54, 1.807) is 7.11 Å². The van der Waals surface area contributed by atoms with Crippen molar-refractivity contribution in [3.05, 3.63) is 47.1 Å². The number of nitrogens with zero attached hydrogens (tertiary/aromatic N) is 2. The maximum atomic E-state index is 12.7. The van der Waals surface area contributed by atoms with Crippen molar-refractivity contribution in [2.45, 2.75) is 18.6 Å². The summed E-state index contributed by atoms with van der Waals surface area (Å²) < 4.78 is 43.4. The molecule has 1 saturated heterocycles. The predicted molar refractivity (Wildman–Crippen MR) is 91.5 cm³/mol. The van der Waals surface area contributed by atoms with E-state index in [1.165, 1.54) is 0 Å². The minimum Gasteiger partial charge on any atom is -0.495 e. The number of ether oxygens (including phenoxy) is 1. The van der Waals surface area contributed by atoms with Gasteiger partial charge in [-0.15, -0.1) is 0 Å². The summed E-state index contributed by atoms with van der Waals surface area (Å²) in [6.45, 7) is 1.48. The van der Waals surface area contributed by atoms with E-state index in [4.69, 9.17) is 16.3 Å². The molecule has 1 unspecified atom stereocenters. The molecule has 4 nitrogen and oxygen atoms in total. The molecular weight excluding hydrogens is 355 g/mol. The van der Waals surface area contributed by atoms with Gasteiger partial charge in [-0.25, -0.2) is 4.98 Å². The Labute approximate surface area is 148 Å². The maximum Gasteiger partial charge on any atom is 0.417 e. The van der Waals surface area contributed by atoms with Crippen LogP contribution in [0.15, 0.2) is 36.5 Å². The lowest BCUT2D eigenvalue weighted by atomic mass is 10.2. The molecule has 1 atom stereocenters. The highest BCUT2D eigenvalue weighted by molar-refractivity contribution is 6.33. The molecule has 0 radical (unpaired) electrons. The van der Waals surface area contributed by atoms with Crippen LogP contribution in [0, 0.1) is 0 Å². The monoisotopic (exact) mass is 371 g/mol. The lowest BCUT2D eigenvalue weighted by Crippen LogP contribution is -2.26. The SMILES string of the molecule is COc1ccccc1N1CCC(Nc2ncc(C(F)(F)F)cc2Cl)C1. The molecule has 0 amide bonds. The third-order valence-corrected chi connectivity index (χ3v) is 4.41. The highest BCUT2D eigenvalue weighted by Gasteiger charge is 2.32. The van der Waals surface area contributed by atoms with Crippen molar-refractivity contribution in [2.24, 2.45) is 0 Å². The van der Waals surface area contributed by atoms with Gasteiger partial charge in [0.25, 0.3) is 0 Å². The van der Waals surface area contributed by atoms with Gasteiger partial charge in [0.1, 0.15) is 11.6 Å². The van der Waals surface area contributed by atoms with E-state index < -0.39 is 11.7 Å². The standard InChI is InChI=1S/C17H17ClF3N3O/c1-25-15-5-3-2-4-14(15)24-7-6-12(10-24)23-16-13(18)8-11(9-22-16)17(19,20)21/h2-5,8-9,12H,6-7,10H2,1H3,(H,22,23). The summed E-state index contributed by atoms with van der Waals surface area (Å²) in [4.78, 5) is 5.99. The van der Waals surface area contributed by atoms with Gasteiger partial charge in [0.2, 0.25) is 0 Å². The molecule has 0 spiro atoms. The highest BCUT2D eigenvalue weighted by Crippen LogP contribution is 2.34. The molecular formula is C17H17ClF3N3O. The Bertz CT molecular complexity index is 754. The van der Waals surface area contributed by atoms with Crippen LogP contribution < -0.4 is 15.0 Å². The Morgan fingerprint density at radius 1 is 1.32 bits per heavy atom. The molecule has 134 valence electrons. The van der Waals surface area contributed by atoms with E-state index in [9.17, 15) is 13.2 Å². The molecule has 0 saturated carbocycles. The van der Waals surface area contributed by atoms with Gasteiger partial charge >= 0.3 is 6.18 Å². The average Bonchev–Trinajstić information content (AvgIpc) is 3.04. The normalized spacial score (nSPS) is 17.6. The molecule has 25 heavy (non-hydrogen) atoms. The fraction of sp³-hybridized carbons (Fsp3) is 0.353. The number of alkyl halides is 3. The Kier molecular flexibility index (Phi) is 4.94. The van der Waals surface area contributed by atoms with Crippen molar-refractivity contribution in [3.63, 3.8) is 0 Å². The summed E-state index contributed by atoms with van der Waals surface area (Å²) in [5.41, 5.74) is 0.130. The minimum atomic E-state index is -4.46. The molecule has 3 rings (SSSR count). The van der Waals surface area contributed by atoms with E-state index in [2.05, 4.69) is 15.2 Å². The van der Waals surface area contributed by atoms with E-state index in [0.717, 1.165) is 36.7 Å². The number of methoxy groups -OCH3 is 1. The summed E-state index contributed by atoms with van der Waals surface area (Å²) in [6, 6.07) is 8.64. The second kappa shape index (κ2) is 7.00. The number of halogens is 4. The van der Waals surface area contributed by atoms with Crippen LogP contribution in [0.3, 0.4) is 0 Å². The first-order valence-electron chi connectivity index (χ1n) is 7.75. The van der Waals surface area contributed by atoms with Crippen LogP contribution in [-0.4, -0.2) is 31.2 Å². The zero-order chi connectivity index (χ0) is 18.0. The third kappa shape index (κ3) is 3.92. The lowest BCUT2D eigenvalue weighted by Gasteiger charge is -2.21. The van der Waals surface area contributed by atoms with E-state index in [0.29, 0.717) is 6.54 Å². The largest absolute Gasteiger partial charge is 0.495 e. The fourth-order valence-corrected chi connectivity index (χ4v) is 3.10. The van der Waals surface area contributed by atoms with Crippen LogP contribution in [0.25, 0.3) is 0 Å². The van der Waals surface area contributed by atoms with Crippen molar-refractivity contribution in [1.82, 2.24) is 4.98 Å². The summed E-state index contributed by atoms with van der Waals surface area (Å²) in [6.07, 6.45) is -2.85. The van der Waals surface area contributed by atoms with Crippen molar-refractivity contribution in [1.29, 1.82) is 0 Å². The van der Waals surface area contributed by atoms with Crippen LogP contribution >= 0.6 is 11.6 Å². The topological polar surface area (TPSA) is 37.4 Å². The molecule has 2 aromatic rings. The fourth-order valence-electron chi connectivity index (χ4n) is 2.88. The molecule has 0 aliphatic carbocycles. The third-order valence-electron chi connectivity index (χ3n) is 4.12. The van der Waals surface area contributed by atoms with E-state index >= 15 is 0 Å². The zero-order valence-electron chi connectivity index (χ0n) is 13.5. The molecule has 1 aliphatic heterocycles. The van der Waals surface area contributed by atoms with Crippen LogP contribution in [0.4, 0.5) is 24.7 Å². The highest BCUT2D eigenvalue weighted by atomic mass is 35.5. The van der Waals surface area contributed by atoms with Crippen molar-refractivity contribution in [3.8, 4) is 5.75 Å². The number of aromatic nitrogens is 1. The molecule has 1 fully saturated rings. The predicted octanol–water partition coefficient (Wildman–Crippen LogP) is 4.45. The molecule has 8 heteroatoms. The van der Waals surface area contributed by atoms with Crippen molar-refractivity contribution >= 4 is 23.1 Å². The maximum absolute atomic E-state index is 12.7. The van der Waals surface area contributed by atoms with Crippen molar-refractivity contribution in [2.75, 3.05) is 30.4 Å². The molecule has 1 aromatic carbocycles. The zero-order valence-corrected chi connectivity index (χ0v) is 14.2. The number of anilines is 2. The number of hydrogen-bond donors (Lipinski definition) is 1. The molecule has 1 aliphatic rings. The molecule has 0 bridgehead atoms. The van der Waals surface area contributed by atoms with E-state index in [-0.39, 0.29) is 16.9 Å². The number of para-hydroxylation sites is 2. The number of pyridine rings is 1. The Morgan fingerprint density at radius 3 is 2.76 bits per heavy atom. The average molecular weight is 372 g/mol. The quantitative estimate of drug-likeness (QED) is 0.861. The smallest absolute Gasteiger partial charge is 0.417 e. The van der Waals surface area contributed by atoms with Crippen LogP contribution in [0.1, 0.15) is 12.0 Å². The summed E-state index contributed by atoms with van der Waals surface area (Å²) in [5, 5.41) is 3.10. The number of benzene rings is 1. The van der Waals surface area contributed by atoms with Gasteiger partial charge in [-0.3, -0.25) is 0 Å². The van der Waals surface area contributed by atoms with Crippen molar-refractivity contribution < 1.29 is 17.9 Å². The van der Waals surface area contributed by atoms with Crippen LogP contribution in [0.2, 0.25) is 5.02 Å². The minimum absolute atomic E-state index is 0.0339. The van der Waals surface area contributed by atoms with Gasteiger partial charge < -0.3 is 15.0 Å². The summed E-state index contributed by atoms with van der Waals surface area (Å²) >= 11 is 5.96. The molecule has 2 heterocycles. The second-order valence-corrected chi connectivity index (χ2v) is 6.21. The Morgan fingerprint density at radius 2 is 2.08 bits per heavy atom. The lowest BCUT2D eigenvalue weighted by molar-refractivity contribution is -0.137. The second-order valence-electron chi connectivity index (χ2n) is 5.80. The Balaban J connectivity index is 1.69. The first-order chi connectivity index (χ1) is 11.9. The summed E-state index contributed by atoms with van der Waals surface area (Å²) in [5.74, 6) is 1.05. The summed E-state index contributed by atoms with van der Waals surface area (Å²) in [7, 11) is 1.62. The molecule has 1 aromatic heterocycles. The first kappa shape index (κ1) is 17.7. The number of nitrogens with one attached hydrogen (secondary N) is 1. The Hall–Kier alpha value is -2.15. The van der Waals surface area contributed by atoms with Gasteiger partial charge in [-0.1, -0.05) is 23.7 Å². The number of rotatable bonds is 4.